The van der Waals surface area contributed by atoms with Crippen molar-refractivity contribution in [2.75, 3.05) is 68.0 Å². The highest BCUT2D eigenvalue weighted by molar-refractivity contribution is 5.88. The number of alkyl carbamates (subject to hydrolysis) is 2. The summed E-state index contributed by atoms with van der Waals surface area (Å²) < 4.78 is 33.2. The van der Waals surface area contributed by atoms with Crippen molar-refractivity contribution in [1.82, 2.24) is 40.4 Å². The molecule has 4 atom stereocenters. The van der Waals surface area contributed by atoms with Crippen molar-refractivity contribution in [2.24, 2.45) is 0 Å². The number of nitrogens with one attached hydrogen (secondary N) is 4. The smallest absolute Gasteiger partial charge is 0.407 e. The number of likely N-dealkylation sites (tertiary alicyclic amines) is 2. The first-order chi connectivity index (χ1) is 34.2. The predicted molar refractivity (Wildman–Crippen MR) is 259 cm³/mol. The number of amides is 4. The summed E-state index contributed by atoms with van der Waals surface area (Å²) >= 11 is 0. The lowest BCUT2D eigenvalue weighted by atomic mass is 9.98. The summed E-state index contributed by atoms with van der Waals surface area (Å²) in [6.45, 7) is 2.27. The number of hydrogen-bond donors (Lipinski definition) is 4. The van der Waals surface area contributed by atoms with E-state index in [4.69, 9.17) is 38.4 Å². The first kappa shape index (κ1) is 48.7. The molecule has 2 aliphatic rings. The second-order valence-electron chi connectivity index (χ2n) is 16.8. The molecule has 0 saturated carbocycles. The van der Waals surface area contributed by atoms with E-state index in [9.17, 15) is 19.2 Å². The maximum atomic E-state index is 14.1. The molecule has 2 saturated heterocycles. The van der Waals surface area contributed by atoms with Crippen LogP contribution < -0.4 is 20.1 Å². The number of methoxy groups -OCH3 is 4. The largest absolute Gasteiger partial charge is 0.491 e. The van der Waals surface area contributed by atoms with Crippen molar-refractivity contribution in [3.63, 3.8) is 0 Å². The quantitative estimate of drug-likeness (QED) is 0.0576. The number of carbonyl (C=O) groups excluding carboxylic acids is 4. The Balaban J connectivity index is 1.06. The summed E-state index contributed by atoms with van der Waals surface area (Å²) in [5, 5.41) is 5.43. The zero-order chi connectivity index (χ0) is 49.0. The van der Waals surface area contributed by atoms with Crippen LogP contribution in [0.3, 0.4) is 0 Å². The summed E-state index contributed by atoms with van der Waals surface area (Å²) in [6, 6.07) is 27.4. The van der Waals surface area contributed by atoms with Crippen molar-refractivity contribution < 1.29 is 47.6 Å². The van der Waals surface area contributed by atoms with E-state index in [0.717, 1.165) is 46.5 Å². The van der Waals surface area contributed by atoms with Gasteiger partial charge in [0.2, 0.25) is 0 Å². The van der Waals surface area contributed by atoms with Crippen molar-refractivity contribution in [2.45, 2.75) is 49.9 Å². The number of H-pyrrole nitrogens is 2. The zero-order valence-electron chi connectivity index (χ0n) is 39.6. The second kappa shape index (κ2) is 23.1. The Hall–Kier alpha value is -7.70. The fraction of sp³-hybridized carbons (Fsp3) is 0.346. The Labute approximate surface area is 406 Å². The molecule has 4 amide bonds. The minimum Gasteiger partial charge on any atom is -0.491 e. The number of aromatic nitrogens is 4. The van der Waals surface area contributed by atoms with Gasteiger partial charge in [0.25, 0.3) is 11.8 Å². The highest BCUT2D eigenvalue weighted by Crippen LogP contribution is 2.42. The highest BCUT2D eigenvalue weighted by Gasteiger charge is 2.39. The van der Waals surface area contributed by atoms with E-state index in [1.54, 1.807) is 60.7 Å². The van der Waals surface area contributed by atoms with Gasteiger partial charge in [-0.25, -0.2) is 19.6 Å². The van der Waals surface area contributed by atoms with E-state index in [0.29, 0.717) is 73.4 Å². The monoisotopic (exact) mass is 954 g/mol. The zero-order valence-corrected chi connectivity index (χ0v) is 39.6. The lowest BCUT2D eigenvalue weighted by Crippen LogP contribution is -2.42. The lowest BCUT2D eigenvalue weighted by Gasteiger charge is -2.28. The summed E-state index contributed by atoms with van der Waals surface area (Å²) in [5.74, 6) is 1.90. The normalized spacial score (nSPS) is 16.3. The second-order valence-corrected chi connectivity index (χ2v) is 16.8. The van der Waals surface area contributed by atoms with E-state index >= 15 is 0 Å². The van der Waals surface area contributed by atoms with Crippen LogP contribution in [0.4, 0.5) is 9.59 Å². The molecule has 4 N–H and O–H groups in total. The molecular weight excluding hydrogens is 897 g/mol. The van der Waals surface area contributed by atoms with Gasteiger partial charge in [-0.1, -0.05) is 72.8 Å². The Morgan fingerprint density at radius 2 is 1.00 bits per heavy atom. The van der Waals surface area contributed by atoms with Gasteiger partial charge in [-0.2, -0.15) is 0 Å². The van der Waals surface area contributed by atoms with Crippen molar-refractivity contribution in [1.29, 1.82) is 0 Å². The average Bonchev–Trinajstić information content (AvgIpc) is 4.26. The SMILES string of the molecule is COCCOc1cc(-c2cnc(C3CCCN3C(=O)C(NC(=O)OC)c3ccccc3)[nH]2)ccc1-c1ccc(-c2cnc(C3CCCN3C(=O)C(NC(=O)OC)c3ccccc3)[nH]2)cc1OCCOC. The maximum Gasteiger partial charge on any atom is 0.407 e. The van der Waals surface area contributed by atoms with Crippen LogP contribution in [0.15, 0.2) is 109 Å². The molecule has 0 aliphatic carbocycles. The fourth-order valence-corrected chi connectivity index (χ4v) is 9.02. The van der Waals surface area contributed by atoms with Crippen LogP contribution in [-0.2, 0) is 28.5 Å². The molecule has 2 aliphatic heterocycles. The minimum absolute atomic E-state index is 0.256. The molecule has 2 aromatic heterocycles. The van der Waals surface area contributed by atoms with Gasteiger partial charge in [-0.15, -0.1) is 0 Å². The molecular formula is C52H58N8O10. The lowest BCUT2D eigenvalue weighted by molar-refractivity contribution is -0.135. The van der Waals surface area contributed by atoms with E-state index in [1.807, 2.05) is 72.8 Å². The number of hydrogen-bond acceptors (Lipinski definition) is 12. The fourth-order valence-electron chi connectivity index (χ4n) is 9.02. The topological polar surface area (TPSA) is 212 Å². The third kappa shape index (κ3) is 11.1. The summed E-state index contributed by atoms with van der Waals surface area (Å²) in [7, 11) is 5.77. The van der Waals surface area contributed by atoms with Crippen molar-refractivity contribution in [3.8, 4) is 45.1 Å². The van der Waals surface area contributed by atoms with Crippen molar-refractivity contribution >= 4 is 24.0 Å². The van der Waals surface area contributed by atoms with E-state index in [-0.39, 0.29) is 37.1 Å². The Bertz CT molecular complexity index is 2540. The minimum atomic E-state index is -0.935. The molecule has 0 radical (unpaired) electrons. The third-order valence-corrected chi connectivity index (χ3v) is 12.5. The Morgan fingerprint density at radius 1 is 0.586 bits per heavy atom. The Morgan fingerprint density at radius 3 is 1.39 bits per heavy atom. The first-order valence-corrected chi connectivity index (χ1v) is 23.2. The van der Waals surface area contributed by atoms with Gasteiger partial charge in [0, 0.05) is 49.6 Å². The molecule has 4 aromatic carbocycles. The molecule has 4 heterocycles. The number of benzene rings is 4. The predicted octanol–water partition coefficient (Wildman–Crippen LogP) is 7.71. The first-order valence-electron chi connectivity index (χ1n) is 23.2. The molecule has 70 heavy (non-hydrogen) atoms. The number of imidazole rings is 2. The number of carbonyl (C=O) groups is 4. The van der Waals surface area contributed by atoms with Crippen LogP contribution in [0.1, 0.15) is 72.6 Å². The molecule has 0 spiro atoms. The van der Waals surface area contributed by atoms with Crippen LogP contribution in [0.5, 0.6) is 11.5 Å². The van der Waals surface area contributed by atoms with Crippen LogP contribution in [0.2, 0.25) is 0 Å². The van der Waals surface area contributed by atoms with Gasteiger partial charge < -0.3 is 58.8 Å². The summed E-state index contributed by atoms with van der Waals surface area (Å²) in [5.41, 5.74) is 5.90. The van der Waals surface area contributed by atoms with Crippen LogP contribution in [0.25, 0.3) is 33.6 Å². The van der Waals surface area contributed by atoms with Crippen LogP contribution in [0, 0.1) is 0 Å². The summed E-state index contributed by atoms with van der Waals surface area (Å²) in [6.07, 6.45) is 5.01. The van der Waals surface area contributed by atoms with Gasteiger partial charge in [0.1, 0.15) is 48.4 Å². The molecule has 0 bridgehead atoms. The average molecular weight is 955 g/mol. The maximum absolute atomic E-state index is 14.1. The van der Waals surface area contributed by atoms with Crippen molar-refractivity contribution in [3.05, 3.63) is 132 Å². The Kier molecular flexibility index (Phi) is 16.1. The van der Waals surface area contributed by atoms with Crippen LogP contribution in [-0.4, -0.2) is 122 Å². The molecule has 4 unspecified atom stereocenters. The van der Waals surface area contributed by atoms with E-state index in [1.165, 1.54) is 14.2 Å². The van der Waals surface area contributed by atoms with E-state index < -0.39 is 24.3 Å². The number of nitrogens with zero attached hydrogens (tertiary/aromatic N) is 4. The molecule has 18 heteroatoms. The van der Waals surface area contributed by atoms with Gasteiger partial charge in [-0.3, -0.25) is 9.59 Å². The molecule has 366 valence electrons. The molecule has 18 nitrogen and oxygen atoms in total. The van der Waals surface area contributed by atoms with Gasteiger partial charge in [0.05, 0.1) is 63.3 Å². The summed E-state index contributed by atoms with van der Waals surface area (Å²) in [4.78, 5) is 73.0. The van der Waals surface area contributed by atoms with Gasteiger partial charge >= 0.3 is 12.2 Å². The highest BCUT2D eigenvalue weighted by atomic mass is 16.5. The van der Waals surface area contributed by atoms with Crippen LogP contribution >= 0.6 is 0 Å². The number of aromatic amines is 2. The number of ether oxygens (including phenoxy) is 6. The van der Waals surface area contributed by atoms with Gasteiger partial charge in [-0.05, 0) is 61.1 Å². The third-order valence-electron chi connectivity index (χ3n) is 12.5. The molecule has 6 aromatic rings. The van der Waals surface area contributed by atoms with E-state index in [2.05, 4.69) is 20.6 Å². The van der Waals surface area contributed by atoms with Gasteiger partial charge in [0.15, 0.2) is 0 Å². The number of rotatable bonds is 19. The molecule has 2 fully saturated rings. The molecule has 8 rings (SSSR count). The standard InChI is InChI=1S/C52H58N8O10/c1-65-25-27-69-43-29-35(39-31-53-47(55-39)41-17-11-23-59(41)49(61)45(57-51(63)67-3)33-13-7-5-8-14-33)19-21-37(43)38-22-20-36(30-44(38)70-28-26-66-2)40-32-54-48(56-40)42-18-12-24-60(42)50(62)46(58-52(64)68-4)34-15-9-6-10-16-34/h5-10,13-16,19-22,29-32,41-42,45-46H,11-12,17-18,23-28H2,1-4H3,(H,53,55)(H,54,56)(H,57,63)(H,58,64).